The number of hydrogen-bond donors (Lipinski definition) is 1. The second-order valence-corrected chi connectivity index (χ2v) is 2.92. The molecule has 0 saturated carbocycles. The summed E-state index contributed by atoms with van der Waals surface area (Å²) in [7, 11) is 0. The van der Waals surface area contributed by atoms with Gasteiger partial charge in [0, 0.05) is 32.4 Å². The first-order valence-corrected chi connectivity index (χ1v) is 6.33. The molecule has 0 atom stereocenters. The highest BCUT2D eigenvalue weighted by Crippen LogP contribution is 2.08. The SMILES string of the molecule is CC.CC.c1ccc(N2CCNCC2)nc1. The van der Waals surface area contributed by atoms with Crippen molar-refractivity contribution in [1.82, 2.24) is 10.3 Å². The predicted octanol–water partition coefficient (Wildman–Crippen LogP) is 2.54. The minimum Gasteiger partial charge on any atom is -0.354 e. The van der Waals surface area contributed by atoms with Crippen molar-refractivity contribution < 1.29 is 0 Å². The Kier molecular flexibility index (Phi) is 9.72. The maximum absolute atomic E-state index is 4.30. The normalized spacial score (nSPS) is 14.1. The van der Waals surface area contributed by atoms with Crippen LogP contribution < -0.4 is 10.2 Å². The van der Waals surface area contributed by atoms with Gasteiger partial charge in [0.15, 0.2) is 0 Å². The molecule has 2 rings (SSSR count). The van der Waals surface area contributed by atoms with Crippen LogP contribution in [-0.2, 0) is 0 Å². The van der Waals surface area contributed by atoms with Gasteiger partial charge in [-0.3, -0.25) is 0 Å². The Hall–Kier alpha value is -1.09. The van der Waals surface area contributed by atoms with Gasteiger partial charge in [0.2, 0.25) is 0 Å². The van der Waals surface area contributed by atoms with Crippen molar-refractivity contribution in [2.24, 2.45) is 0 Å². The minimum atomic E-state index is 1.07. The first-order chi connectivity index (χ1) is 7.97. The molecule has 1 aliphatic rings. The number of aromatic nitrogens is 1. The molecular weight excluding hydrogens is 198 g/mol. The molecule has 0 aliphatic carbocycles. The Balaban J connectivity index is 0.000000509. The lowest BCUT2D eigenvalue weighted by Crippen LogP contribution is -2.43. The summed E-state index contributed by atoms with van der Waals surface area (Å²) in [5.41, 5.74) is 0. The van der Waals surface area contributed by atoms with Crippen LogP contribution in [0.4, 0.5) is 5.82 Å². The van der Waals surface area contributed by atoms with Gasteiger partial charge in [0.05, 0.1) is 0 Å². The van der Waals surface area contributed by atoms with Crippen LogP contribution in [0.1, 0.15) is 27.7 Å². The number of piperazine rings is 1. The van der Waals surface area contributed by atoms with E-state index in [-0.39, 0.29) is 0 Å². The van der Waals surface area contributed by atoms with Crippen LogP contribution in [0.5, 0.6) is 0 Å². The Labute approximate surface area is 99.9 Å². The lowest BCUT2D eigenvalue weighted by Gasteiger charge is -2.28. The topological polar surface area (TPSA) is 28.2 Å². The lowest BCUT2D eigenvalue weighted by atomic mass is 10.3. The maximum Gasteiger partial charge on any atom is 0.128 e. The zero-order chi connectivity index (χ0) is 12.2. The highest BCUT2D eigenvalue weighted by Gasteiger charge is 2.09. The van der Waals surface area contributed by atoms with E-state index in [4.69, 9.17) is 0 Å². The van der Waals surface area contributed by atoms with Gasteiger partial charge in [-0.1, -0.05) is 33.8 Å². The molecule has 1 fully saturated rings. The molecule has 1 saturated heterocycles. The standard InChI is InChI=1S/C9H13N3.2C2H6/c1-2-4-11-9(3-1)12-7-5-10-6-8-12;2*1-2/h1-4,10H,5-8H2;2*1-2H3. The Morgan fingerprint density at radius 2 is 1.69 bits per heavy atom. The van der Waals surface area contributed by atoms with E-state index in [1.165, 1.54) is 0 Å². The molecule has 0 spiro atoms. The second kappa shape index (κ2) is 10.4. The molecule has 0 radical (unpaired) electrons. The summed E-state index contributed by atoms with van der Waals surface area (Å²) in [5.74, 6) is 1.10. The zero-order valence-electron chi connectivity index (χ0n) is 11.0. The zero-order valence-corrected chi connectivity index (χ0v) is 11.0. The third-order valence-corrected chi connectivity index (χ3v) is 2.09. The maximum atomic E-state index is 4.30. The molecule has 1 aliphatic heterocycles. The largest absolute Gasteiger partial charge is 0.354 e. The van der Waals surface area contributed by atoms with Crippen molar-refractivity contribution in [1.29, 1.82) is 0 Å². The fraction of sp³-hybridized carbons (Fsp3) is 0.615. The van der Waals surface area contributed by atoms with Crippen LogP contribution in [0.3, 0.4) is 0 Å². The van der Waals surface area contributed by atoms with Crippen LogP contribution in [0.15, 0.2) is 24.4 Å². The minimum absolute atomic E-state index is 1.07. The summed E-state index contributed by atoms with van der Waals surface area (Å²) in [6.07, 6.45) is 1.84. The quantitative estimate of drug-likeness (QED) is 0.793. The molecule has 3 heteroatoms. The average Bonchev–Trinajstić information content (AvgIpc) is 2.45. The van der Waals surface area contributed by atoms with E-state index in [2.05, 4.69) is 21.3 Å². The molecule has 2 heterocycles. The number of pyridine rings is 1. The summed E-state index contributed by atoms with van der Waals surface area (Å²) in [4.78, 5) is 6.60. The molecule has 92 valence electrons. The number of hydrogen-bond acceptors (Lipinski definition) is 3. The van der Waals surface area contributed by atoms with E-state index < -0.39 is 0 Å². The molecule has 1 aromatic rings. The molecule has 0 unspecified atom stereocenters. The van der Waals surface area contributed by atoms with Gasteiger partial charge >= 0.3 is 0 Å². The van der Waals surface area contributed by atoms with E-state index in [1.54, 1.807) is 0 Å². The fourth-order valence-electron chi connectivity index (χ4n) is 1.43. The van der Waals surface area contributed by atoms with Crippen molar-refractivity contribution in [2.75, 3.05) is 31.1 Å². The third-order valence-electron chi connectivity index (χ3n) is 2.09. The van der Waals surface area contributed by atoms with E-state index >= 15 is 0 Å². The molecule has 0 amide bonds. The molecule has 3 nitrogen and oxygen atoms in total. The number of nitrogens with zero attached hydrogens (tertiary/aromatic N) is 2. The van der Waals surface area contributed by atoms with Gasteiger partial charge in [-0.05, 0) is 12.1 Å². The number of nitrogens with one attached hydrogen (secondary N) is 1. The molecular formula is C13H25N3. The monoisotopic (exact) mass is 223 g/mol. The Morgan fingerprint density at radius 3 is 2.19 bits per heavy atom. The highest BCUT2D eigenvalue weighted by molar-refractivity contribution is 5.38. The summed E-state index contributed by atoms with van der Waals surface area (Å²) in [6.45, 7) is 12.3. The van der Waals surface area contributed by atoms with Gasteiger partial charge in [-0.15, -0.1) is 0 Å². The molecule has 1 aromatic heterocycles. The summed E-state index contributed by atoms with van der Waals surface area (Å²) in [6, 6.07) is 6.04. The van der Waals surface area contributed by atoms with E-state index in [1.807, 2.05) is 46.0 Å². The van der Waals surface area contributed by atoms with Crippen molar-refractivity contribution >= 4 is 5.82 Å². The van der Waals surface area contributed by atoms with Crippen LogP contribution in [0, 0.1) is 0 Å². The smallest absolute Gasteiger partial charge is 0.128 e. The molecule has 16 heavy (non-hydrogen) atoms. The summed E-state index contributed by atoms with van der Waals surface area (Å²) in [5, 5.41) is 3.32. The summed E-state index contributed by atoms with van der Waals surface area (Å²) >= 11 is 0. The van der Waals surface area contributed by atoms with Gasteiger partial charge in [0.1, 0.15) is 5.82 Å². The average molecular weight is 223 g/mol. The van der Waals surface area contributed by atoms with Crippen LogP contribution in [-0.4, -0.2) is 31.2 Å². The fourth-order valence-corrected chi connectivity index (χ4v) is 1.43. The van der Waals surface area contributed by atoms with Gasteiger partial charge < -0.3 is 10.2 Å². The Bertz CT molecular complexity index is 230. The van der Waals surface area contributed by atoms with Crippen molar-refractivity contribution in [2.45, 2.75) is 27.7 Å². The second-order valence-electron chi connectivity index (χ2n) is 2.92. The first-order valence-electron chi connectivity index (χ1n) is 6.33. The van der Waals surface area contributed by atoms with Crippen LogP contribution in [0.2, 0.25) is 0 Å². The van der Waals surface area contributed by atoms with E-state index in [0.29, 0.717) is 0 Å². The predicted molar refractivity (Wildman–Crippen MR) is 72.0 cm³/mol. The Morgan fingerprint density at radius 1 is 1.06 bits per heavy atom. The van der Waals surface area contributed by atoms with Crippen molar-refractivity contribution in [3.8, 4) is 0 Å². The third kappa shape index (κ3) is 5.12. The number of anilines is 1. The van der Waals surface area contributed by atoms with Crippen molar-refractivity contribution in [3.05, 3.63) is 24.4 Å². The van der Waals surface area contributed by atoms with Gasteiger partial charge in [-0.25, -0.2) is 4.98 Å². The van der Waals surface area contributed by atoms with Gasteiger partial charge in [-0.2, -0.15) is 0 Å². The van der Waals surface area contributed by atoms with Crippen molar-refractivity contribution in [3.63, 3.8) is 0 Å². The molecule has 0 bridgehead atoms. The van der Waals surface area contributed by atoms with E-state index in [9.17, 15) is 0 Å². The lowest BCUT2D eigenvalue weighted by molar-refractivity contribution is 0.585. The van der Waals surface area contributed by atoms with Gasteiger partial charge in [0.25, 0.3) is 0 Å². The summed E-state index contributed by atoms with van der Waals surface area (Å²) < 4.78 is 0. The number of rotatable bonds is 1. The molecule has 1 N–H and O–H groups in total. The highest BCUT2D eigenvalue weighted by atomic mass is 15.2. The van der Waals surface area contributed by atoms with Crippen LogP contribution in [0.25, 0.3) is 0 Å². The first kappa shape index (κ1) is 14.9. The van der Waals surface area contributed by atoms with Crippen LogP contribution >= 0.6 is 0 Å². The van der Waals surface area contributed by atoms with E-state index in [0.717, 1.165) is 32.0 Å². The molecule has 0 aromatic carbocycles.